The van der Waals surface area contributed by atoms with Crippen molar-refractivity contribution in [1.29, 1.82) is 0 Å². The summed E-state index contributed by atoms with van der Waals surface area (Å²) in [6.07, 6.45) is 1.56. The number of H-pyrrole nitrogens is 1. The van der Waals surface area contributed by atoms with Crippen molar-refractivity contribution in [2.24, 2.45) is 0 Å². The quantitative estimate of drug-likeness (QED) is 0.748. The number of pyridine rings is 1. The molecule has 1 N–H and O–H groups in total. The van der Waals surface area contributed by atoms with E-state index < -0.39 is 22.0 Å². The molecule has 3 aromatic heterocycles. The van der Waals surface area contributed by atoms with E-state index in [0.717, 1.165) is 15.1 Å². The Labute approximate surface area is 145 Å². The number of aromatic nitrogens is 4. The first-order valence-corrected chi connectivity index (χ1v) is 9.17. The number of nitrogens with one attached hydrogen (secondary N) is 1. The Morgan fingerprint density at radius 3 is 2.85 bits per heavy atom. The molecule has 0 aromatic carbocycles. The molecule has 0 amide bonds. The number of hydrogen-bond acceptors (Lipinski definition) is 5. The molecule has 4 rings (SSSR count). The third-order valence-corrected chi connectivity index (χ3v) is 5.92. The van der Waals surface area contributed by atoms with Crippen LogP contribution in [0.3, 0.4) is 0 Å². The molecule has 4 heterocycles. The van der Waals surface area contributed by atoms with Gasteiger partial charge in [-0.15, -0.1) is 5.10 Å². The average molecular weight is 383 g/mol. The van der Waals surface area contributed by atoms with Gasteiger partial charge in [-0.1, -0.05) is 6.08 Å². The largest absolute Gasteiger partial charge is 0.404 e. The summed E-state index contributed by atoms with van der Waals surface area (Å²) in [6, 6.07) is 1.81. The van der Waals surface area contributed by atoms with E-state index >= 15 is 0 Å². The number of nitrogens with zero attached hydrogens (tertiary/aromatic N) is 4. The standard InChI is InChI=1S/C15H12F3N5O2S/c16-15(17,18)8-26(24,25)23-4-2-9(7-23)11-5-21-22-12-6-20-14-10(13(11)12)1-3-19-14/h1-3,5-6H,4,7-8H2,(H,19,20). The van der Waals surface area contributed by atoms with Crippen molar-refractivity contribution in [1.82, 2.24) is 24.5 Å². The van der Waals surface area contributed by atoms with Crippen molar-refractivity contribution >= 4 is 37.5 Å². The van der Waals surface area contributed by atoms with Crippen molar-refractivity contribution < 1.29 is 21.6 Å². The molecule has 0 bridgehead atoms. The van der Waals surface area contributed by atoms with Crippen molar-refractivity contribution in [3.8, 4) is 0 Å². The number of alkyl halides is 3. The minimum absolute atomic E-state index is 0.112. The van der Waals surface area contributed by atoms with Gasteiger partial charge in [0.25, 0.3) is 0 Å². The minimum Gasteiger partial charge on any atom is -0.346 e. The normalized spacial score (nSPS) is 16.5. The summed E-state index contributed by atoms with van der Waals surface area (Å²) in [7, 11) is -4.44. The van der Waals surface area contributed by atoms with Gasteiger partial charge >= 0.3 is 6.18 Å². The van der Waals surface area contributed by atoms with Crippen LogP contribution in [0.2, 0.25) is 0 Å². The molecule has 136 valence electrons. The van der Waals surface area contributed by atoms with E-state index in [-0.39, 0.29) is 13.1 Å². The Balaban J connectivity index is 1.73. The Morgan fingerprint density at radius 1 is 1.27 bits per heavy atom. The maximum absolute atomic E-state index is 12.5. The highest BCUT2D eigenvalue weighted by atomic mass is 32.2. The zero-order valence-corrected chi connectivity index (χ0v) is 14.0. The number of rotatable bonds is 3. The zero-order valence-electron chi connectivity index (χ0n) is 13.2. The van der Waals surface area contributed by atoms with E-state index in [2.05, 4.69) is 20.2 Å². The summed E-state index contributed by atoms with van der Waals surface area (Å²) in [5.41, 5.74) is 2.37. The Bertz CT molecular complexity index is 1140. The Kier molecular flexibility index (Phi) is 3.74. The fraction of sp³-hybridized carbons (Fsp3) is 0.267. The van der Waals surface area contributed by atoms with Gasteiger partial charge in [-0.05, 0) is 11.6 Å². The highest BCUT2D eigenvalue weighted by molar-refractivity contribution is 7.89. The number of sulfonamides is 1. The molecule has 0 aliphatic carbocycles. The number of fused-ring (bicyclic) bond motifs is 3. The monoisotopic (exact) mass is 383 g/mol. The molecule has 0 spiro atoms. The molecular formula is C15H12F3N5O2S. The van der Waals surface area contributed by atoms with Crippen LogP contribution in [0.4, 0.5) is 13.2 Å². The van der Waals surface area contributed by atoms with E-state index in [0.29, 0.717) is 22.3 Å². The van der Waals surface area contributed by atoms with Gasteiger partial charge in [0.15, 0.2) is 5.75 Å². The summed E-state index contributed by atoms with van der Waals surface area (Å²) in [5.74, 6) is -1.87. The van der Waals surface area contributed by atoms with Gasteiger partial charge < -0.3 is 4.98 Å². The second-order valence-corrected chi connectivity index (χ2v) is 7.88. The predicted octanol–water partition coefficient (Wildman–Crippen LogP) is 2.10. The Morgan fingerprint density at radius 2 is 2.08 bits per heavy atom. The third kappa shape index (κ3) is 2.92. The molecule has 7 nitrogen and oxygen atoms in total. The maximum Gasteiger partial charge on any atom is 0.404 e. The van der Waals surface area contributed by atoms with E-state index in [1.807, 2.05) is 6.07 Å². The number of aromatic amines is 1. The first kappa shape index (κ1) is 16.9. The lowest BCUT2D eigenvalue weighted by Gasteiger charge is -2.18. The van der Waals surface area contributed by atoms with E-state index in [9.17, 15) is 21.6 Å². The predicted molar refractivity (Wildman–Crippen MR) is 88.6 cm³/mol. The molecule has 1 aliphatic heterocycles. The van der Waals surface area contributed by atoms with Crippen LogP contribution >= 0.6 is 0 Å². The van der Waals surface area contributed by atoms with Crippen LogP contribution in [0, 0.1) is 0 Å². The summed E-state index contributed by atoms with van der Waals surface area (Å²) < 4.78 is 62.4. The van der Waals surface area contributed by atoms with Crippen LogP contribution < -0.4 is 0 Å². The maximum atomic E-state index is 12.5. The average Bonchev–Trinajstić information content (AvgIpc) is 3.21. The SMILES string of the molecule is O=S(=O)(CC(F)(F)F)N1CC=C(c2cnnc3cnc4[nH]ccc4c23)C1. The van der Waals surface area contributed by atoms with Gasteiger partial charge in [-0.25, -0.2) is 13.4 Å². The summed E-state index contributed by atoms with van der Waals surface area (Å²) in [6.45, 7) is -0.258. The number of halogens is 3. The second kappa shape index (κ2) is 5.74. The van der Waals surface area contributed by atoms with Gasteiger partial charge in [0, 0.05) is 35.6 Å². The molecule has 0 atom stereocenters. The van der Waals surface area contributed by atoms with Crippen LogP contribution in [0.1, 0.15) is 5.56 Å². The molecule has 0 saturated carbocycles. The first-order chi connectivity index (χ1) is 12.2. The van der Waals surface area contributed by atoms with Gasteiger partial charge in [-0.2, -0.15) is 22.6 Å². The van der Waals surface area contributed by atoms with Crippen LogP contribution in [-0.2, 0) is 10.0 Å². The first-order valence-electron chi connectivity index (χ1n) is 7.56. The van der Waals surface area contributed by atoms with E-state index in [4.69, 9.17) is 0 Å². The molecule has 11 heteroatoms. The van der Waals surface area contributed by atoms with Crippen molar-refractivity contribution in [3.63, 3.8) is 0 Å². The fourth-order valence-electron chi connectivity index (χ4n) is 3.05. The van der Waals surface area contributed by atoms with Crippen LogP contribution in [-0.4, -0.2) is 57.9 Å². The second-order valence-electron chi connectivity index (χ2n) is 5.91. The van der Waals surface area contributed by atoms with Gasteiger partial charge in [0.05, 0.1) is 12.4 Å². The zero-order chi connectivity index (χ0) is 18.5. The van der Waals surface area contributed by atoms with E-state index in [1.54, 1.807) is 18.5 Å². The van der Waals surface area contributed by atoms with Crippen LogP contribution in [0.5, 0.6) is 0 Å². The van der Waals surface area contributed by atoms with Gasteiger partial charge in [0.1, 0.15) is 11.2 Å². The lowest BCUT2D eigenvalue weighted by Crippen LogP contribution is -2.36. The summed E-state index contributed by atoms with van der Waals surface area (Å²) >= 11 is 0. The van der Waals surface area contributed by atoms with E-state index in [1.165, 1.54) is 6.20 Å². The third-order valence-electron chi connectivity index (χ3n) is 4.16. The molecular weight excluding hydrogens is 371 g/mol. The molecule has 0 fully saturated rings. The van der Waals surface area contributed by atoms with Gasteiger partial charge in [0.2, 0.25) is 10.0 Å². The molecule has 0 radical (unpaired) electrons. The molecule has 1 aliphatic rings. The van der Waals surface area contributed by atoms with Gasteiger partial charge in [-0.3, -0.25) is 0 Å². The molecule has 26 heavy (non-hydrogen) atoms. The highest BCUT2D eigenvalue weighted by Gasteiger charge is 2.39. The van der Waals surface area contributed by atoms with Crippen LogP contribution in [0.15, 0.2) is 30.7 Å². The fourth-order valence-corrected chi connectivity index (χ4v) is 4.28. The van der Waals surface area contributed by atoms with Crippen molar-refractivity contribution in [3.05, 3.63) is 36.3 Å². The summed E-state index contributed by atoms with van der Waals surface area (Å²) in [4.78, 5) is 7.20. The number of hydrogen-bond donors (Lipinski definition) is 1. The smallest absolute Gasteiger partial charge is 0.346 e. The molecule has 0 unspecified atom stereocenters. The molecule has 0 saturated heterocycles. The summed E-state index contributed by atoms with van der Waals surface area (Å²) in [5, 5.41) is 9.44. The lowest BCUT2D eigenvalue weighted by molar-refractivity contribution is -0.106. The molecule has 3 aromatic rings. The lowest BCUT2D eigenvalue weighted by atomic mass is 10.0. The van der Waals surface area contributed by atoms with Crippen LogP contribution in [0.25, 0.3) is 27.5 Å². The topological polar surface area (TPSA) is 91.8 Å². The van der Waals surface area contributed by atoms with Crippen molar-refractivity contribution in [2.45, 2.75) is 6.18 Å². The Hall–Kier alpha value is -2.53. The van der Waals surface area contributed by atoms with Crippen molar-refractivity contribution in [2.75, 3.05) is 18.8 Å². The highest BCUT2D eigenvalue weighted by Crippen LogP contribution is 2.32. The minimum atomic E-state index is -4.78.